The Labute approximate surface area is 176 Å². The summed E-state index contributed by atoms with van der Waals surface area (Å²) in [6.45, 7) is 0. The van der Waals surface area contributed by atoms with Crippen molar-refractivity contribution in [2.75, 3.05) is 4.90 Å². The molecule has 1 aliphatic rings. The molecule has 5 heteroatoms. The highest BCUT2D eigenvalue weighted by Crippen LogP contribution is 2.49. The number of hydrogen-bond acceptors (Lipinski definition) is 3. The summed E-state index contributed by atoms with van der Waals surface area (Å²) in [6, 6.07) is 21.5. The summed E-state index contributed by atoms with van der Waals surface area (Å²) in [7, 11) is 0. The third-order valence-electron chi connectivity index (χ3n) is 5.79. The Morgan fingerprint density at radius 2 is 1.63 bits per heavy atom. The van der Waals surface area contributed by atoms with Gasteiger partial charge in [0.1, 0.15) is 0 Å². The van der Waals surface area contributed by atoms with E-state index >= 15 is 0 Å². The zero-order valence-corrected chi connectivity index (χ0v) is 16.7. The molecule has 3 aromatic rings. The van der Waals surface area contributed by atoms with E-state index in [0.717, 1.165) is 22.5 Å². The molecular weight excluding hydrogens is 376 g/mol. The van der Waals surface area contributed by atoms with Crippen molar-refractivity contribution in [2.24, 2.45) is 0 Å². The first-order valence-corrected chi connectivity index (χ1v) is 10.2. The van der Waals surface area contributed by atoms with Crippen molar-refractivity contribution >= 4 is 23.3 Å². The van der Waals surface area contributed by atoms with Crippen LogP contribution in [0.2, 0.25) is 0 Å². The van der Waals surface area contributed by atoms with Crippen molar-refractivity contribution < 1.29 is 14.7 Å². The van der Waals surface area contributed by atoms with Gasteiger partial charge >= 0.3 is 5.97 Å². The fraction of sp³-hybridized carbons (Fsp3) is 0.240. The maximum absolute atomic E-state index is 14.0. The van der Waals surface area contributed by atoms with E-state index in [1.54, 1.807) is 12.4 Å². The zero-order valence-electron chi connectivity index (χ0n) is 16.7. The fourth-order valence-electron chi connectivity index (χ4n) is 4.40. The van der Waals surface area contributed by atoms with Gasteiger partial charge in [-0.3, -0.25) is 19.5 Å². The smallest absolute Gasteiger partial charge is 0.303 e. The number of carbonyl (C=O) groups is 2. The number of fused-ring (bicyclic) bond motifs is 1. The Balaban J connectivity index is 1.77. The van der Waals surface area contributed by atoms with E-state index in [0.29, 0.717) is 25.7 Å². The predicted molar refractivity (Wildman–Crippen MR) is 116 cm³/mol. The number of carbonyl (C=O) groups excluding carboxylic acids is 1. The molecular formula is C25H24N2O3. The van der Waals surface area contributed by atoms with E-state index in [4.69, 9.17) is 5.11 Å². The summed E-state index contributed by atoms with van der Waals surface area (Å²) in [5, 5.41) is 9.02. The van der Waals surface area contributed by atoms with Crippen LogP contribution in [0.15, 0.2) is 79.1 Å². The number of pyridine rings is 1. The number of carboxylic acids is 1. The van der Waals surface area contributed by atoms with Gasteiger partial charge in [0.2, 0.25) is 5.91 Å². The second-order valence-corrected chi connectivity index (χ2v) is 7.71. The van der Waals surface area contributed by atoms with Crippen LogP contribution in [0.4, 0.5) is 11.4 Å². The summed E-state index contributed by atoms with van der Waals surface area (Å²) < 4.78 is 0. The van der Waals surface area contributed by atoms with Crippen LogP contribution in [-0.4, -0.2) is 22.0 Å². The minimum absolute atomic E-state index is 0.0436. The third-order valence-corrected chi connectivity index (χ3v) is 5.79. The van der Waals surface area contributed by atoms with Gasteiger partial charge in [-0.2, -0.15) is 0 Å². The maximum atomic E-state index is 14.0. The first-order chi connectivity index (χ1) is 14.6. The zero-order chi connectivity index (χ0) is 21.0. The molecule has 1 aromatic heterocycles. The number of para-hydroxylation sites is 2. The topological polar surface area (TPSA) is 70.5 Å². The average molecular weight is 400 g/mol. The van der Waals surface area contributed by atoms with Crippen molar-refractivity contribution in [2.45, 2.75) is 37.5 Å². The Morgan fingerprint density at radius 3 is 2.37 bits per heavy atom. The highest BCUT2D eigenvalue weighted by atomic mass is 16.4. The Hall–Kier alpha value is -3.47. The van der Waals surface area contributed by atoms with Crippen LogP contribution in [0.3, 0.4) is 0 Å². The Morgan fingerprint density at radius 1 is 0.933 bits per heavy atom. The summed E-state index contributed by atoms with van der Waals surface area (Å²) in [5.41, 5.74) is 3.07. The summed E-state index contributed by atoms with van der Waals surface area (Å²) in [6.07, 6.45) is 5.98. The van der Waals surface area contributed by atoms with E-state index in [-0.39, 0.29) is 12.3 Å². The first-order valence-electron chi connectivity index (χ1n) is 10.2. The molecule has 0 saturated heterocycles. The van der Waals surface area contributed by atoms with Crippen LogP contribution >= 0.6 is 0 Å². The van der Waals surface area contributed by atoms with E-state index in [9.17, 15) is 9.59 Å². The largest absolute Gasteiger partial charge is 0.481 e. The van der Waals surface area contributed by atoms with Crippen LogP contribution in [-0.2, 0) is 21.4 Å². The Kier molecular flexibility index (Phi) is 5.61. The number of nitrogens with zero attached hydrogens (tertiary/aromatic N) is 2. The average Bonchev–Trinajstić information content (AvgIpc) is 3.01. The molecule has 2 aromatic carbocycles. The SMILES string of the molecule is O=C(O)CCCCC1(Cc2ccncc2)C(=O)N(c2ccccc2)c2ccccc21. The molecule has 5 nitrogen and oxygen atoms in total. The van der Waals surface area contributed by atoms with Crippen LogP contribution in [0.25, 0.3) is 0 Å². The molecule has 1 aliphatic heterocycles. The molecule has 0 fully saturated rings. The van der Waals surface area contributed by atoms with E-state index < -0.39 is 11.4 Å². The number of aliphatic carboxylic acids is 1. The molecule has 1 N–H and O–H groups in total. The molecule has 152 valence electrons. The van der Waals surface area contributed by atoms with Gasteiger partial charge in [0.25, 0.3) is 0 Å². The predicted octanol–water partition coefficient (Wildman–Crippen LogP) is 4.89. The minimum Gasteiger partial charge on any atom is -0.481 e. The lowest BCUT2D eigenvalue weighted by molar-refractivity contribution is -0.137. The Bertz CT molecular complexity index is 1040. The van der Waals surface area contributed by atoms with Crippen molar-refractivity contribution in [3.8, 4) is 0 Å². The van der Waals surface area contributed by atoms with Crippen LogP contribution < -0.4 is 4.90 Å². The van der Waals surface area contributed by atoms with Crippen molar-refractivity contribution in [3.63, 3.8) is 0 Å². The third kappa shape index (κ3) is 3.71. The second kappa shape index (κ2) is 8.49. The molecule has 0 aliphatic carbocycles. The molecule has 0 radical (unpaired) electrons. The first kappa shape index (κ1) is 19.8. The van der Waals surface area contributed by atoms with Gasteiger partial charge in [-0.05, 0) is 60.7 Å². The number of aromatic nitrogens is 1. The monoisotopic (exact) mass is 400 g/mol. The van der Waals surface area contributed by atoms with Crippen LogP contribution in [0.5, 0.6) is 0 Å². The molecule has 30 heavy (non-hydrogen) atoms. The quantitative estimate of drug-likeness (QED) is 0.547. The number of unbranched alkanes of at least 4 members (excludes halogenated alkanes) is 1. The fourth-order valence-corrected chi connectivity index (χ4v) is 4.40. The summed E-state index contributed by atoms with van der Waals surface area (Å²) >= 11 is 0. The molecule has 2 heterocycles. The van der Waals surface area contributed by atoms with Crippen molar-refractivity contribution in [1.82, 2.24) is 4.98 Å². The molecule has 1 amide bonds. The maximum Gasteiger partial charge on any atom is 0.303 e. The lowest BCUT2D eigenvalue weighted by Crippen LogP contribution is -2.40. The number of rotatable bonds is 8. The molecule has 0 spiro atoms. The van der Waals surface area contributed by atoms with Crippen molar-refractivity contribution in [1.29, 1.82) is 0 Å². The molecule has 0 bridgehead atoms. The van der Waals surface area contributed by atoms with Crippen LogP contribution in [0, 0.1) is 0 Å². The lowest BCUT2D eigenvalue weighted by Gasteiger charge is -2.29. The van der Waals surface area contributed by atoms with Gasteiger partial charge in [-0.15, -0.1) is 0 Å². The normalized spacial score (nSPS) is 17.7. The second-order valence-electron chi connectivity index (χ2n) is 7.71. The molecule has 4 rings (SSSR count). The molecule has 1 unspecified atom stereocenters. The highest BCUT2D eigenvalue weighted by Gasteiger charge is 2.50. The van der Waals surface area contributed by atoms with Gasteiger partial charge < -0.3 is 5.11 Å². The van der Waals surface area contributed by atoms with Gasteiger partial charge in [-0.25, -0.2) is 0 Å². The number of anilines is 2. The van der Waals surface area contributed by atoms with Crippen molar-refractivity contribution in [3.05, 3.63) is 90.3 Å². The highest BCUT2D eigenvalue weighted by molar-refractivity contribution is 6.13. The summed E-state index contributed by atoms with van der Waals surface area (Å²) in [4.78, 5) is 30.9. The molecule has 1 atom stereocenters. The summed E-state index contributed by atoms with van der Waals surface area (Å²) in [5.74, 6) is -0.760. The number of amides is 1. The minimum atomic E-state index is -0.803. The number of benzene rings is 2. The standard InChI is InChI=1S/C25H24N2O3/c28-23(29)12-6-7-15-25(18-19-13-16-26-17-14-19)21-10-4-5-11-22(21)27(24(25)30)20-8-2-1-3-9-20/h1-5,8-11,13-14,16-17H,6-7,12,15,18H2,(H,28,29). The molecule has 0 saturated carbocycles. The lowest BCUT2D eigenvalue weighted by atomic mass is 9.73. The van der Waals surface area contributed by atoms with E-state index in [1.165, 1.54) is 0 Å². The van der Waals surface area contributed by atoms with Gasteiger partial charge in [0.15, 0.2) is 0 Å². The van der Waals surface area contributed by atoms with Gasteiger partial charge in [-0.1, -0.05) is 42.8 Å². The van der Waals surface area contributed by atoms with Crippen LogP contribution in [0.1, 0.15) is 36.8 Å². The van der Waals surface area contributed by atoms with Gasteiger partial charge in [0, 0.05) is 24.5 Å². The van der Waals surface area contributed by atoms with E-state index in [1.807, 2.05) is 71.6 Å². The number of hydrogen-bond donors (Lipinski definition) is 1. The van der Waals surface area contributed by atoms with Gasteiger partial charge in [0.05, 0.1) is 11.1 Å². The number of carboxylic acid groups (broad SMARTS) is 1. The van der Waals surface area contributed by atoms with E-state index in [2.05, 4.69) is 4.98 Å².